The average molecular weight is 574 g/mol. The highest BCUT2D eigenvalue weighted by Crippen LogP contribution is 2.26. The Morgan fingerprint density at radius 1 is 0.439 bits per heavy atom. The molecule has 2 heteroatoms. The Bertz CT molecular complexity index is 621. The van der Waals surface area contributed by atoms with Crippen molar-refractivity contribution in [2.45, 2.75) is 232 Å². The van der Waals surface area contributed by atoms with Gasteiger partial charge in [0.15, 0.2) is 0 Å². The molecular weight excluding hydrogens is 496 g/mol. The van der Waals surface area contributed by atoms with Crippen LogP contribution in [0.4, 0.5) is 0 Å². The van der Waals surface area contributed by atoms with Crippen LogP contribution >= 0.6 is 0 Å². The molecule has 0 aromatic carbocycles. The lowest BCUT2D eigenvalue weighted by atomic mass is 9.93. The van der Waals surface area contributed by atoms with Crippen molar-refractivity contribution >= 4 is 0 Å². The first-order valence-corrected chi connectivity index (χ1v) is 19.4. The summed E-state index contributed by atoms with van der Waals surface area (Å²) < 4.78 is 2.51. The normalized spacial score (nSPS) is 12.4. The minimum absolute atomic E-state index is 0.728. The molecule has 0 unspecified atom stereocenters. The molecule has 242 valence electrons. The zero-order chi connectivity index (χ0) is 29.5. The second-order valence-electron chi connectivity index (χ2n) is 13.5. The molecule has 1 aromatic heterocycles. The summed E-state index contributed by atoms with van der Waals surface area (Å²) in [6, 6.07) is 0. The number of rotatable bonds is 33. The SMILES string of the molecule is CCCCCCCCCCCCCCCCC[C@H](CCCCCCCCCCCCCCC)c1[nH]cc[n+]1CCC. The Kier molecular flexibility index (Phi) is 28.6. The van der Waals surface area contributed by atoms with Gasteiger partial charge in [0, 0.05) is 0 Å². The zero-order valence-corrected chi connectivity index (χ0v) is 28.8. The van der Waals surface area contributed by atoms with Gasteiger partial charge in [0.05, 0.1) is 12.5 Å². The standard InChI is InChI=1S/C39H76N2/c1-4-7-9-11-13-15-17-19-20-22-24-26-28-30-32-34-38(39-40-35-37-41(39)36-6-3)33-31-29-27-25-23-21-18-16-14-12-10-8-5-2/h35,37-38H,4-34,36H2,1-3H3/p+1/t38-/m0/s1. The summed E-state index contributed by atoms with van der Waals surface area (Å²) in [7, 11) is 0. The summed E-state index contributed by atoms with van der Waals surface area (Å²) in [5.41, 5.74) is 0. The van der Waals surface area contributed by atoms with Crippen LogP contribution in [-0.2, 0) is 6.54 Å². The number of hydrogen-bond acceptors (Lipinski definition) is 0. The Morgan fingerprint density at radius 3 is 1.07 bits per heavy atom. The minimum Gasteiger partial charge on any atom is -0.247 e. The van der Waals surface area contributed by atoms with E-state index in [0.29, 0.717) is 0 Å². The minimum atomic E-state index is 0.728. The molecular formula is C39H77N2+. The number of unbranched alkanes of at least 4 members (excludes halogenated alkanes) is 26. The summed E-state index contributed by atoms with van der Waals surface area (Å²) in [5, 5.41) is 0. The van der Waals surface area contributed by atoms with Gasteiger partial charge in [0.1, 0.15) is 12.4 Å². The highest BCUT2D eigenvalue weighted by atomic mass is 15.1. The van der Waals surface area contributed by atoms with E-state index >= 15 is 0 Å². The van der Waals surface area contributed by atoms with Crippen molar-refractivity contribution in [2.75, 3.05) is 0 Å². The van der Waals surface area contributed by atoms with Crippen molar-refractivity contribution in [2.24, 2.45) is 0 Å². The predicted octanol–water partition coefficient (Wildman–Crippen LogP) is 13.5. The van der Waals surface area contributed by atoms with Gasteiger partial charge in [0.25, 0.3) is 5.82 Å². The first kappa shape index (κ1) is 38.2. The van der Waals surface area contributed by atoms with Crippen LogP contribution in [0.15, 0.2) is 12.4 Å². The van der Waals surface area contributed by atoms with E-state index in [1.165, 1.54) is 205 Å². The maximum absolute atomic E-state index is 3.65. The molecule has 1 rings (SSSR count). The molecule has 1 aromatic rings. The maximum Gasteiger partial charge on any atom is 0.257 e. The number of imidazole rings is 1. The lowest BCUT2D eigenvalue weighted by Crippen LogP contribution is -2.37. The van der Waals surface area contributed by atoms with Crippen molar-refractivity contribution < 1.29 is 4.57 Å². The van der Waals surface area contributed by atoms with Gasteiger partial charge < -0.3 is 0 Å². The Morgan fingerprint density at radius 2 is 0.756 bits per heavy atom. The molecule has 1 heterocycles. The lowest BCUT2D eigenvalue weighted by Gasteiger charge is -2.14. The molecule has 0 saturated heterocycles. The predicted molar refractivity (Wildman–Crippen MR) is 184 cm³/mol. The Balaban J connectivity index is 2.10. The van der Waals surface area contributed by atoms with E-state index in [2.05, 4.69) is 42.7 Å². The number of aryl methyl sites for hydroxylation is 1. The third kappa shape index (κ3) is 23.4. The topological polar surface area (TPSA) is 19.7 Å². The van der Waals surface area contributed by atoms with Crippen molar-refractivity contribution in [3.8, 4) is 0 Å². The molecule has 0 amide bonds. The highest BCUT2D eigenvalue weighted by molar-refractivity contribution is 4.90. The molecule has 0 fully saturated rings. The number of hydrogen-bond donors (Lipinski definition) is 1. The Labute approximate surface area is 259 Å². The number of aromatic nitrogens is 2. The molecule has 0 aliphatic heterocycles. The van der Waals surface area contributed by atoms with Crippen LogP contribution in [-0.4, -0.2) is 4.98 Å². The second kappa shape index (κ2) is 30.7. The van der Waals surface area contributed by atoms with E-state index in [1.54, 1.807) is 0 Å². The van der Waals surface area contributed by atoms with E-state index in [9.17, 15) is 0 Å². The van der Waals surface area contributed by atoms with Gasteiger partial charge in [-0.25, -0.2) is 9.55 Å². The fourth-order valence-electron chi connectivity index (χ4n) is 6.75. The van der Waals surface area contributed by atoms with E-state index in [-0.39, 0.29) is 0 Å². The monoisotopic (exact) mass is 574 g/mol. The number of aromatic amines is 1. The van der Waals surface area contributed by atoms with Crippen molar-refractivity contribution in [1.29, 1.82) is 0 Å². The van der Waals surface area contributed by atoms with Crippen LogP contribution in [0, 0.1) is 0 Å². The van der Waals surface area contributed by atoms with Crippen molar-refractivity contribution in [3.05, 3.63) is 18.2 Å². The number of H-pyrrole nitrogens is 1. The Hall–Kier alpha value is -0.790. The van der Waals surface area contributed by atoms with Crippen LogP contribution in [0.2, 0.25) is 0 Å². The van der Waals surface area contributed by atoms with Gasteiger partial charge in [-0.2, -0.15) is 0 Å². The second-order valence-corrected chi connectivity index (χ2v) is 13.5. The third-order valence-electron chi connectivity index (χ3n) is 9.46. The van der Waals surface area contributed by atoms with E-state index in [4.69, 9.17) is 0 Å². The molecule has 2 nitrogen and oxygen atoms in total. The van der Waals surface area contributed by atoms with Crippen LogP contribution < -0.4 is 4.57 Å². The largest absolute Gasteiger partial charge is 0.257 e. The average Bonchev–Trinajstić information content (AvgIpc) is 3.44. The molecule has 0 saturated carbocycles. The molecule has 0 radical (unpaired) electrons. The van der Waals surface area contributed by atoms with E-state index in [1.807, 2.05) is 0 Å². The molecule has 41 heavy (non-hydrogen) atoms. The fourth-order valence-corrected chi connectivity index (χ4v) is 6.75. The summed E-state index contributed by atoms with van der Waals surface area (Å²) in [6.07, 6.45) is 49.0. The van der Waals surface area contributed by atoms with Gasteiger partial charge >= 0.3 is 0 Å². The zero-order valence-electron chi connectivity index (χ0n) is 28.8. The molecule has 1 N–H and O–H groups in total. The van der Waals surface area contributed by atoms with Crippen LogP contribution in [0.25, 0.3) is 0 Å². The lowest BCUT2D eigenvalue weighted by molar-refractivity contribution is -0.704. The molecule has 0 aliphatic carbocycles. The summed E-state index contributed by atoms with van der Waals surface area (Å²) in [5.74, 6) is 2.24. The van der Waals surface area contributed by atoms with Crippen LogP contribution in [0.1, 0.15) is 232 Å². The first-order valence-electron chi connectivity index (χ1n) is 19.4. The van der Waals surface area contributed by atoms with Gasteiger partial charge in [-0.3, -0.25) is 0 Å². The highest BCUT2D eigenvalue weighted by Gasteiger charge is 2.22. The van der Waals surface area contributed by atoms with Gasteiger partial charge in [0.2, 0.25) is 0 Å². The van der Waals surface area contributed by atoms with Gasteiger partial charge in [-0.1, -0.05) is 201 Å². The first-order chi connectivity index (χ1) is 20.3. The molecule has 0 aliphatic rings. The fraction of sp³-hybridized carbons (Fsp3) is 0.923. The molecule has 0 bridgehead atoms. The summed E-state index contributed by atoms with van der Waals surface area (Å²) in [6.45, 7) is 8.08. The van der Waals surface area contributed by atoms with Crippen molar-refractivity contribution in [1.82, 2.24) is 4.98 Å². The maximum atomic E-state index is 3.65. The quantitative estimate of drug-likeness (QED) is 0.0637. The smallest absolute Gasteiger partial charge is 0.247 e. The van der Waals surface area contributed by atoms with E-state index < -0.39 is 0 Å². The van der Waals surface area contributed by atoms with Gasteiger partial charge in [-0.05, 0) is 19.3 Å². The van der Waals surface area contributed by atoms with Crippen LogP contribution in [0.3, 0.4) is 0 Å². The van der Waals surface area contributed by atoms with E-state index in [0.717, 1.165) is 12.5 Å². The summed E-state index contributed by atoms with van der Waals surface area (Å²) >= 11 is 0. The number of nitrogens with one attached hydrogen (secondary N) is 1. The number of nitrogens with zero attached hydrogens (tertiary/aromatic N) is 1. The summed E-state index contributed by atoms with van der Waals surface area (Å²) in [4.78, 5) is 3.65. The van der Waals surface area contributed by atoms with Gasteiger partial charge in [-0.15, -0.1) is 0 Å². The van der Waals surface area contributed by atoms with Crippen LogP contribution in [0.5, 0.6) is 0 Å². The van der Waals surface area contributed by atoms with Crippen molar-refractivity contribution in [3.63, 3.8) is 0 Å². The third-order valence-corrected chi connectivity index (χ3v) is 9.46. The molecule has 1 atom stereocenters. The molecule has 0 spiro atoms.